The monoisotopic (exact) mass is 264 g/mol. The van der Waals surface area contributed by atoms with Gasteiger partial charge in [0.05, 0.1) is 11.0 Å². The number of fused-ring (bicyclic) bond motifs is 1. The average Bonchev–Trinajstić information content (AvgIpc) is 2.77. The van der Waals surface area contributed by atoms with Gasteiger partial charge in [-0.15, -0.1) is 0 Å². The van der Waals surface area contributed by atoms with Crippen LogP contribution in [0.5, 0.6) is 0 Å². The van der Waals surface area contributed by atoms with Gasteiger partial charge in [-0.2, -0.15) is 0 Å². The summed E-state index contributed by atoms with van der Waals surface area (Å²) in [4.78, 5) is 4.52. The van der Waals surface area contributed by atoms with Crippen LogP contribution in [0.15, 0.2) is 18.2 Å². The number of nitrogen functional groups attached to an aromatic ring is 1. The van der Waals surface area contributed by atoms with Gasteiger partial charge in [0.2, 0.25) is 5.95 Å². The molecule has 0 bridgehead atoms. The second-order valence-electron chi connectivity index (χ2n) is 4.87. The number of hydrogen-bond acceptors (Lipinski definition) is 3. The van der Waals surface area contributed by atoms with E-state index in [1.807, 2.05) is 18.2 Å². The van der Waals surface area contributed by atoms with Crippen LogP contribution in [0.3, 0.4) is 0 Å². The summed E-state index contributed by atoms with van der Waals surface area (Å²) in [6.45, 7) is 0. The van der Waals surface area contributed by atoms with Gasteiger partial charge in [-0.1, -0.05) is 30.9 Å². The van der Waals surface area contributed by atoms with Crippen LogP contribution in [-0.4, -0.2) is 9.55 Å². The third-order valence-electron chi connectivity index (χ3n) is 3.72. The molecule has 0 atom stereocenters. The van der Waals surface area contributed by atoms with Crippen molar-refractivity contribution in [3.05, 3.63) is 23.2 Å². The third kappa shape index (κ3) is 1.95. The van der Waals surface area contributed by atoms with E-state index < -0.39 is 0 Å². The number of nitrogens with one attached hydrogen (secondary N) is 1. The number of hydrogen-bond donors (Lipinski definition) is 2. The van der Waals surface area contributed by atoms with E-state index in [0.29, 0.717) is 6.04 Å². The van der Waals surface area contributed by atoms with E-state index in [0.717, 1.165) is 22.0 Å². The molecule has 3 rings (SSSR count). The van der Waals surface area contributed by atoms with Crippen LogP contribution in [-0.2, 0) is 0 Å². The van der Waals surface area contributed by atoms with Crippen molar-refractivity contribution < 1.29 is 0 Å². The smallest absolute Gasteiger partial charge is 0.218 e. The van der Waals surface area contributed by atoms with E-state index in [2.05, 4.69) is 15.0 Å². The Labute approximate surface area is 111 Å². The highest BCUT2D eigenvalue weighted by atomic mass is 35.5. The molecule has 0 saturated heterocycles. The number of imidazole rings is 1. The van der Waals surface area contributed by atoms with Gasteiger partial charge in [-0.3, -0.25) is 5.43 Å². The Bertz CT molecular complexity index is 557. The second kappa shape index (κ2) is 4.78. The minimum atomic E-state index is 0.480. The predicted molar refractivity (Wildman–Crippen MR) is 74.7 cm³/mol. The SMILES string of the molecule is NNc1nc2ccc(Cl)cc2n1C1CCCCC1. The van der Waals surface area contributed by atoms with Crippen molar-refractivity contribution >= 4 is 28.6 Å². The fraction of sp³-hybridized carbons (Fsp3) is 0.462. The largest absolute Gasteiger partial charge is 0.306 e. The van der Waals surface area contributed by atoms with Gasteiger partial charge in [-0.25, -0.2) is 10.8 Å². The molecule has 1 aromatic carbocycles. The number of nitrogens with zero attached hydrogens (tertiary/aromatic N) is 2. The highest BCUT2D eigenvalue weighted by molar-refractivity contribution is 6.31. The molecule has 96 valence electrons. The molecule has 18 heavy (non-hydrogen) atoms. The van der Waals surface area contributed by atoms with Crippen LogP contribution in [0.2, 0.25) is 5.02 Å². The number of anilines is 1. The van der Waals surface area contributed by atoms with E-state index in [4.69, 9.17) is 17.4 Å². The van der Waals surface area contributed by atoms with Crippen LogP contribution in [0, 0.1) is 0 Å². The number of rotatable bonds is 2. The first-order valence-corrected chi connectivity index (χ1v) is 6.81. The molecular weight excluding hydrogens is 248 g/mol. The number of hydrazine groups is 1. The van der Waals surface area contributed by atoms with Gasteiger partial charge in [0.15, 0.2) is 0 Å². The molecule has 1 fully saturated rings. The van der Waals surface area contributed by atoms with Gasteiger partial charge in [0.25, 0.3) is 0 Å². The highest BCUT2D eigenvalue weighted by Gasteiger charge is 2.21. The van der Waals surface area contributed by atoms with E-state index in [9.17, 15) is 0 Å². The molecule has 2 aromatic rings. The molecule has 1 heterocycles. The number of aromatic nitrogens is 2. The van der Waals surface area contributed by atoms with Crippen LogP contribution in [0.1, 0.15) is 38.1 Å². The lowest BCUT2D eigenvalue weighted by Gasteiger charge is -2.25. The Balaban J connectivity index is 2.14. The van der Waals surface area contributed by atoms with Crippen LogP contribution in [0.4, 0.5) is 5.95 Å². The number of benzene rings is 1. The summed E-state index contributed by atoms with van der Waals surface area (Å²) < 4.78 is 2.21. The topological polar surface area (TPSA) is 55.9 Å². The first-order valence-electron chi connectivity index (χ1n) is 6.43. The first kappa shape index (κ1) is 11.8. The molecule has 4 nitrogen and oxygen atoms in total. The maximum absolute atomic E-state index is 6.09. The van der Waals surface area contributed by atoms with Gasteiger partial charge in [-0.05, 0) is 31.0 Å². The number of nitrogens with two attached hydrogens (primary N) is 1. The Morgan fingerprint density at radius 2 is 2.06 bits per heavy atom. The molecule has 5 heteroatoms. The zero-order valence-electron chi connectivity index (χ0n) is 10.2. The standard InChI is InChI=1S/C13H17ClN4/c14-9-6-7-11-12(8-9)18(13(16-11)17-15)10-4-2-1-3-5-10/h6-8,10H,1-5,15H2,(H,16,17). The normalized spacial score (nSPS) is 17.2. The van der Waals surface area contributed by atoms with Crippen molar-refractivity contribution in [3.63, 3.8) is 0 Å². The van der Waals surface area contributed by atoms with Crippen molar-refractivity contribution in [1.82, 2.24) is 9.55 Å². The van der Waals surface area contributed by atoms with Crippen molar-refractivity contribution in [3.8, 4) is 0 Å². The van der Waals surface area contributed by atoms with E-state index in [1.165, 1.54) is 32.1 Å². The van der Waals surface area contributed by atoms with Gasteiger partial charge in [0.1, 0.15) is 0 Å². The Morgan fingerprint density at radius 3 is 2.78 bits per heavy atom. The maximum Gasteiger partial charge on any atom is 0.218 e. The first-order chi connectivity index (χ1) is 8.79. The van der Waals surface area contributed by atoms with Crippen molar-refractivity contribution in [1.29, 1.82) is 0 Å². The Kier molecular flexibility index (Phi) is 3.14. The second-order valence-corrected chi connectivity index (χ2v) is 5.31. The van der Waals surface area contributed by atoms with Crippen molar-refractivity contribution in [2.45, 2.75) is 38.1 Å². The summed E-state index contributed by atoms with van der Waals surface area (Å²) in [7, 11) is 0. The molecule has 0 aliphatic heterocycles. The molecule has 0 spiro atoms. The van der Waals surface area contributed by atoms with Gasteiger partial charge >= 0.3 is 0 Å². The van der Waals surface area contributed by atoms with Crippen LogP contribution in [0.25, 0.3) is 11.0 Å². The van der Waals surface area contributed by atoms with Gasteiger partial charge in [0, 0.05) is 11.1 Å². The molecular formula is C13H17ClN4. The molecule has 0 amide bonds. The van der Waals surface area contributed by atoms with Crippen LogP contribution >= 0.6 is 11.6 Å². The van der Waals surface area contributed by atoms with E-state index in [-0.39, 0.29) is 0 Å². The lowest BCUT2D eigenvalue weighted by molar-refractivity contribution is 0.362. The lowest BCUT2D eigenvalue weighted by Crippen LogP contribution is -2.18. The third-order valence-corrected chi connectivity index (χ3v) is 3.96. The van der Waals surface area contributed by atoms with Crippen LogP contribution < -0.4 is 11.3 Å². The van der Waals surface area contributed by atoms with Gasteiger partial charge < -0.3 is 4.57 Å². The molecule has 1 aromatic heterocycles. The number of halogens is 1. The summed E-state index contributed by atoms with van der Waals surface area (Å²) in [5.74, 6) is 6.33. The quantitative estimate of drug-likeness (QED) is 0.645. The summed E-state index contributed by atoms with van der Waals surface area (Å²) in [5.41, 5.74) is 4.72. The molecule has 0 unspecified atom stereocenters. The van der Waals surface area contributed by atoms with Crippen molar-refractivity contribution in [2.24, 2.45) is 5.84 Å². The summed E-state index contributed by atoms with van der Waals surface area (Å²) in [6.07, 6.45) is 6.25. The summed E-state index contributed by atoms with van der Waals surface area (Å²) in [5, 5.41) is 0.739. The molecule has 1 aliphatic rings. The molecule has 0 radical (unpaired) electrons. The fourth-order valence-electron chi connectivity index (χ4n) is 2.88. The van der Waals surface area contributed by atoms with E-state index >= 15 is 0 Å². The highest BCUT2D eigenvalue weighted by Crippen LogP contribution is 2.34. The molecule has 1 aliphatic carbocycles. The van der Waals surface area contributed by atoms with Crippen molar-refractivity contribution in [2.75, 3.05) is 5.43 Å². The predicted octanol–water partition coefficient (Wildman–Crippen LogP) is 3.48. The zero-order valence-corrected chi connectivity index (χ0v) is 11.0. The average molecular weight is 265 g/mol. The zero-order chi connectivity index (χ0) is 12.5. The fourth-order valence-corrected chi connectivity index (χ4v) is 3.04. The molecule has 1 saturated carbocycles. The minimum Gasteiger partial charge on any atom is -0.306 e. The Morgan fingerprint density at radius 1 is 1.28 bits per heavy atom. The minimum absolute atomic E-state index is 0.480. The maximum atomic E-state index is 6.09. The van der Waals surface area contributed by atoms with E-state index in [1.54, 1.807) is 0 Å². The lowest BCUT2D eigenvalue weighted by atomic mass is 9.95. The summed E-state index contributed by atoms with van der Waals surface area (Å²) >= 11 is 6.09. The summed E-state index contributed by atoms with van der Waals surface area (Å²) in [6, 6.07) is 6.26. The molecule has 3 N–H and O–H groups in total. The Hall–Kier alpha value is -1.26.